The number of carbonyl (C=O) groups excluding carboxylic acids is 1. The van der Waals surface area contributed by atoms with Gasteiger partial charge in [0, 0.05) is 17.7 Å². The fraction of sp³-hybridized carbons (Fsp3) is 0.222. The van der Waals surface area contributed by atoms with Crippen molar-refractivity contribution in [3.8, 4) is 0 Å². The second-order valence-electron chi connectivity index (χ2n) is 3.26. The second kappa shape index (κ2) is 3.61. The van der Waals surface area contributed by atoms with Crippen molar-refractivity contribution in [1.82, 2.24) is 0 Å². The Morgan fingerprint density at radius 3 is 2.62 bits per heavy atom. The predicted octanol–water partition coefficient (Wildman–Crippen LogP) is 2.37. The third-order valence-electron chi connectivity index (χ3n) is 2.21. The molecule has 7 heteroatoms. The van der Waals surface area contributed by atoms with Crippen LogP contribution in [0.5, 0.6) is 0 Å². The number of nitro benzene ring substituents is 1. The van der Waals surface area contributed by atoms with Crippen LogP contribution in [-0.4, -0.2) is 15.2 Å². The van der Waals surface area contributed by atoms with Gasteiger partial charge in [0.15, 0.2) is 6.10 Å². The van der Waals surface area contributed by atoms with E-state index in [0.717, 1.165) is 0 Å². The molecule has 1 fully saturated rings. The average molecular weight is 262 g/mol. The number of non-ortho nitro benzene ring substituents is 1. The van der Waals surface area contributed by atoms with Gasteiger partial charge < -0.3 is 4.74 Å². The number of hydrogen-bond donors (Lipinski definition) is 0. The Morgan fingerprint density at radius 1 is 1.44 bits per heavy atom. The van der Waals surface area contributed by atoms with Gasteiger partial charge in [-0.1, -0.05) is 35.3 Å². The monoisotopic (exact) mass is 261 g/mol. The van der Waals surface area contributed by atoms with Crippen LogP contribution in [0.2, 0.25) is 0 Å². The first-order chi connectivity index (χ1) is 7.43. The van der Waals surface area contributed by atoms with Crippen molar-refractivity contribution in [2.24, 2.45) is 0 Å². The lowest BCUT2D eigenvalue weighted by atomic mass is 10.0. The van der Waals surface area contributed by atoms with Gasteiger partial charge >= 0.3 is 5.97 Å². The van der Waals surface area contributed by atoms with Crippen LogP contribution in [0, 0.1) is 10.1 Å². The predicted molar refractivity (Wildman–Crippen MR) is 56.4 cm³/mol. The van der Waals surface area contributed by atoms with E-state index in [1.807, 2.05) is 0 Å². The molecule has 1 aliphatic heterocycles. The van der Waals surface area contributed by atoms with Gasteiger partial charge in [-0.2, -0.15) is 0 Å². The molecule has 0 saturated carbocycles. The highest BCUT2D eigenvalue weighted by molar-refractivity contribution is 6.59. The number of nitro groups is 1. The Bertz CT molecular complexity index is 474. The van der Waals surface area contributed by atoms with Gasteiger partial charge in [0.1, 0.15) is 0 Å². The van der Waals surface area contributed by atoms with Crippen molar-refractivity contribution in [3.63, 3.8) is 0 Å². The molecule has 1 heterocycles. The molecule has 84 valence electrons. The molecule has 1 aromatic carbocycles. The molecular weight excluding hydrogens is 257 g/mol. The van der Waals surface area contributed by atoms with E-state index in [-0.39, 0.29) is 5.69 Å². The number of cyclic esters (lactones) is 1. The van der Waals surface area contributed by atoms with E-state index in [1.54, 1.807) is 6.07 Å². The highest BCUT2D eigenvalue weighted by Gasteiger charge is 2.57. The normalized spacial score (nSPS) is 22.1. The number of rotatable bonds is 2. The first-order valence-corrected chi connectivity index (χ1v) is 5.02. The van der Waals surface area contributed by atoms with E-state index < -0.39 is 21.3 Å². The van der Waals surface area contributed by atoms with Gasteiger partial charge in [-0.15, -0.1) is 0 Å². The SMILES string of the molecule is O=C1OC(c2cccc([N+](=O)[O-])c2)C1(Cl)Cl. The lowest BCUT2D eigenvalue weighted by Gasteiger charge is -2.37. The minimum Gasteiger partial charge on any atom is -0.451 e. The van der Waals surface area contributed by atoms with Crippen molar-refractivity contribution < 1.29 is 14.5 Å². The summed E-state index contributed by atoms with van der Waals surface area (Å²) >= 11 is 11.4. The van der Waals surface area contributed by atoms with Crippen molar-refractivity contribution in [3.05, 3.63) is 39.9 Å². The summed E-state index contributed by atoms with van der Waals surface area (Å²) in [5.74, 6) is -0.743. The summed E-state index contributed by atoms with van der Waals surface area (Å²) in [4.78, 5) is 20.9. The van der Waals surface area contributed by atoms with Gasteiger partial charge in [-0.3, -0.25) is 10.1 Å². The maximum absolute atomic E-state index is 10.9. The smallest absolute Gasteiger partial charge is 0.347 e. The topological polar surface area (TPSA) is 69.4 Å². The quantitative estimate of drug-likeness (QED) is 0.355. The Kier molecular flexibility index (Phi) is 2.52. The standard InChI is InChI=1S/C9H5Cl2NO4/c10-9(11)7(16-8(9)13)5-2-1-3-6(4-5)12(14)15/h1-4,7H. The Hall–Kier alpha value is -1.33. The van der Waals surface area contributed by atoms with Crippen molar-refractivity contribution in [2.75, 3.05) is 0 Å². The number of alkyl halides is 2. The van der Waals surface area contributed by atoms with Gasteiger partial charge in [0.25, 0.3) is 10.0 Å². The van der Waals surface area contributed by atoms with Gasteiger partial charge in [0.05, 0.1) is 4.92 Å². The first kappa shape index (κ1) is 11.2. The van der Waals surface area contributed by atoms with E-state index >= 15 is 0 Å². The molecule has 0 aliphatic carbocycles. The van der Waals surface area contributed by atoms with Crippen molar-refractivity contribution in [1.29, 1.82) is 0 Å². The zero-order chi connectivity index (χ0) is 11.9. The molecule has 1 unspecified atom stereocenters. The third kappa shape index (κ3) is 1.62. The average Bonchev–Trinajstić information content (AvgIpc) is 2.25. The molecule has 16 heavy (non-hydrogen) atoms. The van der Waals surface area contributed by atoms with E-state index in [2.05, 4.69) is 0 Å². The lowest BCUT2D eigenvalue weighted by molar-refractivity contribution is -0.385. The Morgan fingerprint density at radius 2 is 2.12 bits per heavy atom. The molecule has 1 atom stereocenters. The zero-order valence-corrected chi connectivity index (χ0v) is 9.23. The molecule has 0 spiro atoms. The van der Waals surface area contributed by atoms with Crippen LogP contribution in [0.25, 0.3) is 0 Å². The van der Waals surface area contributed by atoms with Crippen molar-refractivity contribution >= 4 is 34.9 Å². The van der Waals surface area contributed by atoms with E-state index in [0.29, 0.717) is 5.56 Å². The fourth-order valence-corrected chi connectivity index (χ4v) is 1.82. The molecule has 0 radical (unpaired) electrons. The van der Waals surface area contributed by atoms with Crippen LogP contribution in [-0.2, 0) is 9.53 Å². The molecule has 0 amide bonds. The van der Waals surface area contributed by atoms with Crippen LogP contribution in [0.3, 0.4) is 0 Å². The minimum atomic E-state index is -1.66. The summed E-state index contributed by atoms with van der Waals surface area (Å²) in [6, 6.07) is 5.64. The third-order valence-corrected chi connectivity index (χ3v) is 2.92. The molecule has 0 N–H and O–H groups in total. The highest BCUT2D eigenvalue weighted by Crippen LogP contribution is 2.48. The van der Waals surface area contributed by atoms with Crippen LogP contribution in [0.15, 0.2) is 24.3 Å². The number of esters is 1. The molecule has 1 saturated heterocycles. The second-order valence-corrected chi connectivity index (χ2v) is 4.65. The van der Waals surface area contributed by atoms with E-state index in [9.17, 15) is 14.9 Å². The minimum absolute atomic E-state index is 0.107. The number of carbonyl (C=O) groups is 1. The van der Waals surface area contributed by atoms with Gasteiger partial charge in [0.2, 0.25) is 0 Å². The number of ether oxygens (including phenoxy) is 1. The van der Waals surface area contributed by atoms with Crippen LogP contribution >= 0.6 is 23.2 Å². The molecular formula is C9H5Cl2NO4. The number of halogens is 2. The summed E-state index contributed by atoms with van der Waals surface area (Å²) in [7, 11) is 0. The maximum atomic E-state index is 10.9. The molecule has 0 aromatic heterocycles. The molecule has 0 bridgehead atoms. The first-order valence-electron chi connectivity index (χ1n) is 4.26. The number of nitrogens with zero attached hydrogens (tertiary/aromatic N) is 1. The van der Waals surface area contributed by atoms with E-state index in [1.165, 1.54) is 18.2 Å². The van der Waals surface area contributed by atoms with Crippen LogP contribution in [0.4, 0.5) is 5.69 Å². The van der Waals surface area contributed by atoms with Crippen LogP contribution < -0.4 is 0 Å². The largest absolute Gasteiger partial charge is 0.451 e. The zero-order valence-electron chi connectivity index (χ0n) is 7.72. The highest BCUT2D eigenvalue weighted by atomic mass is 35.5. The summed E-state index contributed by atoms with van der Waals surface area (Å²) in [5.41, 5.74) is 0.295. The Labute approximate surface area is 100 Å². The van der Waals surface area contributed by atoms with E-state index in [4.69, 9.17) is 27.9 Å². The summed E-state index contributed by atoms with van der Waals surface area (Å²) in [5, 5.41) is 10.5. The molecule has 1 aromatic rings. The van der Waals surface area contributed by atoms with Gasteiger partial charge in [-0.25, -0.2) is 4.79 Å². The number of hydrogen-bond acceptors (Lipinski definition) is 4. The summed E-state index contributed by atoms with van der Waals surface area (Å²) in [6.07, 6.45) is -0.858. The summed E-state index contributed by atoms with van der Waals surface area (Å²) < 4.78 is 3.09. The molecule has 1 aliphatic rings. The lowest BCUT2D eigenvalue weighted by Crippen LogP contribution is -2.48. The molecule has 2 rings (SSSR count). The Balaban J connectivity index is 2.32. The van der Waals surface area contributed by atoms with Crippen molar-refractivity contribution in [2.45, 2.75) is 10.4 Å². The van der Waals surface area contributed by atoms with Gasteiger partial charge in [-0.05, 0) is 0 Å². The molecule has 5 nitrogen and oxygen atoms in total. The van der Waals surface area contributed by atoms with Crippen LogP contribution in [0.1, 0.15) is 11.7 Å². The summed E-state index contributed by atoms with van der Waals surface area (Å²) in [6.45, 7) is 0. The number of benzene rings is 1. The fourth-order valence-electron chi connectivity index (χ4n) is 1.39. The maximum Gasteiger partial charge on any atom is 0.347 e.